The van der Waals surface area contributed by atoms with Crippen molar-refractivity contribution in [2.75, 3.05) is 6.61 Å². The van der Waals surface area contributed by atoms with Crippen molar-refractivity contribution >= 4 is 34.5 Å². The van der Waals surface area contributed by atoms with E-state index >= 15 is 0 Å². The van der Waals surface area contributed by atoms with Crippen LogP contribution < -0.4 is 0 Å². The van der Waals surface area contributed by atoms with Gasteiger partial charge in [0.1, 0.15) is 0 Å². The molecule has 0 heterocycles. The zero-order valence-corrected chi connectivity index (χ0v) is 9.86. The molecule has 0 amide bonds. The van der Waals surface area contributed by atoms with Gasteiger partial charge in [-0.2, -0.15) is 0 Å². The summed E-state index contributed by atoms with van der Waals surface area (Å²) in [5.74, 6) is -1.34. The van der Waals surface area contributed by atoms with Crippen LogP contribution in [-0.2, 0) is 4.74 Å². The van der Waals surface area contributed by atoms with Gasteiger partial charge in [0.25, 0.3) is 0 Å². The van der Waals surface area contributed by atoms with E-state index in [1.54, 1.807) is 6.92 Å². The van der Waals surface area contributed by atoms with Crippen molar-refractivity contribution in [3.05, 3.63) is 28.0 Å². The Hall–Kier alpha value is -0.550. The molecular weight excluding hydrogens is 271 g/mol. The van der Waals surface area contributed by atoms with Gasteiger partial charge in [0.2, 0.25) is 0 Å². The lowest BCUT2D eigenvalue weighted by Crippen LogP contribution is -2.07. The van der Waals surface area contributed by atoms with Crippen LogP contribution in [0.2, 0.25) is 0 Å². The van der Waals surface area contributed by atoms with Gasteiger partial charge in [-0.15, -0.1) is 12.6 Å². The average molecular weight is 279 g/mol. The molecule has 0 N–H and O–H groups in total. The molecule has 0 radical (unpaired) electrons. The molecule has 0 bridgehead atoms. The Labute approximate surface area is 95.0 Å². The molecule has 0 aliphatic rings. The molecule has 1 rings (SSSR count). The van der Waals surface area contributed by atoms with Gasteiger partial charge in [0, 0.05) is 9.37 Å². The molecular formula is C9H8BrFO2S. The Bertz CT molecular complexity index is 368. The Morgan fingerprint density at radius 3 is 2.86 bits per heavy atom. The van der Waals surface area contributed by atoms with E-state index in [0.29, 0.717) is 4.47 Å². The maximum atomic E-state index is 13.4. The Morgan fingerprint density at radius 1 is 1.64 bits per heavy atom. The fourth-order valence-corrected chi connectivity index (χ4v) is 1.83. The highest BCUT2D eigenvalue weighted by Gasteiger charge is 2.15. The fourth-order valence-electron chi connectivity index (χ4n) is 0.932. The molecule has 0 saturated heterocycles. The van der Waals surface area contributed by atoms with Crippen molar-refractivity contribution in [2.24, 2.45) is 0 Å². The first-order chi connectivity index (χ1) is 6.56. The molecule has 0 aromatic heterocycles. The third-order valence-electron chi connectivity index (χ3n) is 1.51. The first-order valence-electron chi connectivity index (χ1n) is 3.91. The minimum absolute atomic E-state index is 0.105. The molecule has 5 heteroatoms. The second-order valence-corrected chi connectivity index (χ2v) is 3.90. The van der Waals surface area contributed by atoms with Crippen LogP contribution in [0.5, 0.6) is 0 Å². The van der Waals surface area contributed by atoms with E-state index in [-0.39, 0.29) is 17.1 Å². The van der Waals surface area contributed by atoms with Gasteiger partial charge in [-0.25, -0.2) is 9.18 Å². The first kappa shape index (κ1) is 11.5. The lowest BCUT2D eigenvalue weighted by molar-refractivity contribution is 0.0520. The van der Waals surface area contributed by atoms with Gasteiger partial charge in [-0.05, 0) is 19.1 Å². The van der Waals surface area contributed by atoms with Gasteiger partial charge in [0.15, 0.2) is 5.82 Å². The molecule has 1 aromatic carbocycles. The van der Waals surface area contributed by atoms with Crippen molar-refractivity contribution in [2.45, 2.75) is 11.8 Å². The topological polar surface area (TPSA) is 26.3 Å². The van der Waals surface area contributed by atoms with Crippen LogP contribution in [0, 0.1) is 5.82 Å². The molecule has 0 spiro atoms. The zero-order chi connectivity index (χ0) is 10.7. The first-order valence-corrected chi connectivity index (χ1v) is 5.15. The third-order valence-corrected chi connectivity index (χ3v) is 2.30. The standard InChI is InChI=1S/C9H8BrFO2S/c1-2-13-9(12)6-3-5(10)4-7(14)8(6)11/h3-4,14H,2H2,1H3. The number of ether oxygens (including phenoxy) is 1. The summed E-state index contributed by atoms with van der Waals surface area (Å²) in [6, 6.07) is 2.84. The Kier molecular flexibility index (Phi) is 3.95. The van der Waals surface area contributed by atoms with E-state index < -0.39 is 11.8 Å². The van der Waals surface area contributed by atoms with E-state index in [4.69, 9.17) is 0 Å². The van der Waals surface area contributed by atoms with Crippen LogP contribution in [0.1, 0.15) is 17.3 Å². The maximum absolute atomic E-state index is 13.4. The molecule has 0 saturated carbocycles. The molecule has 0 aliphatic carbocycles. The van der Waals surface area contributed by atoms with E-state index in [1.165, 1.54) is 12.1 Å². The minimum Gasteiger partial charge on any atom is -0.462 e. The number of hydrogen-bond acceptors (Lipinski definition) is 3. The Balaban J connectivity index is 3.13. The van der Waals surface area contributed by atoms with Crippen molar-refractivity contribution in [3.8, 4) is 0 Å². The number of halogens is 2. The summed E-state index contributed by atoms with van der Waals surface area (Å²) in [5, 5.41) is 0. The van der Waals surface area contributed by atoms with Crippen molar-refractivity contribution in [1.29, 1.82) is 0 Å². The highest BCUT2D eigenvalue weighted by Crippen LogP contribution is 2.23. The zero-order valence-electron chi connectivity index (χ0n) is 7.38. The molecule has 1 aromatic rings. The quantitative estimate of drug-likeness (QED) is 0.665. The van der Waals surface area contributed by atoms with Crippen LogP contribution in [0.15, 0.2) is 21.5 Å². The molecule has 14 heavy (non-hydrogen) atoms. The van der Waals surface area contributed by atoms with Gasteiger partial charge >= 0.3 is 5.97 Å². The summed E-state index contributed by atoms with van der Waals surface area (Å²) in [4.78, 5) is 11.4. The average Bonchev–Trinajstić information content (AvgIpc) is 2.11. The molecule has 2 nitrogen and oxygen atoms in total. The van der Waals surface area contributed by atoms with E-state index in [0.717, 1.165) is 0 Å². The monoisotopic (exact) mass is 278 g/mol. The number of carbonyl (C=O) groups excluding carboxylic acids is 1. The third kappa shape index (κ3) is 2.48. The van der Waals surface area contributed by atoms with Crippen molar-refractivity contribution in [3.63, 3.8) is 0 Å². The molecule has 76 valence electrons. The number of hydrogen-bond donors (Lipinski definition) is 1. The summed E-state index contributed by atoms with van der Waals surface area (Å²) >= 11 is 7.03. The van der Waals surface area contributed by atoms with Gasteiger partial charge < -0.3 is 4.74 Å². The molecule has 0 atom stereocenters. The van der Waals surface area contributed by atoms with Crippen LogP contribution in [0.25, 0.3) is 0 Å². The summed E-state index contributed by atoms with van der Waals surface area (Å²) in [6.07, 6.45) is 0. The second-order valence-electron chi connectivity index (χ2n) is 2.51. The van der Waals surface area contributed by atoms with Crippen molar-refractivity contribution in [1.82, 2.24) is 0 Å². The number of benzene rings is 1. The maximum Gasteiger partial charge on any atom is 0.341 e. The summed E-state index contributed by atoms with van der Waals surface area (Å²) in [7, 11) is 0. The smallest absolute Gasteiger partial charge is 0.341 e. The largest absolute Gasteiger partial charge is 0.462 e. The molecule has 0 aliphatic heterocycles. The fraction of sp³-hybridized carbons (Fsp3) is 0.222. The summed E-state index contributed by atoms with van der Waals surface area (Å²) in [5.41, 5.74) is -0.105. The highest BCUT2D eigenvalue weighted by atomic mass is 79.9. The summed E-state index contributed by atoms with van der Waals surface area (Å²) in [6.45, 7) is 1.88. The number of carbonyl (C=O) groups is 1. The van der Waals surface area contributed by atoms with E-state index in [9.17, 15) is 9.18 Å². The SMILES string of the molecule is CCOC(=O)c1cc(Br)cc(S)c1F. The predicted molar refractivity (Wildman–Crippen MR) is 57.3 cm³/mol. The second kappa shape index (κ2) is 4.79. The predicted octanol–water partition coefficient (Wildman–Crippen LogP) is 3.05. The van der Waals surface area contributed by atoms with E-state index in [2.05, 4.69) is 33.3 Å². The molecule has 0 unspecified atom stereocenters. The van der Waals surface area contributed by atoms with Crippen LogP contribution in [-0.4, -0.2) is 12.6 Å². The van der Waals surface area contributed by atoms with Gasteiger partial charge in [0.05, 0.1) is 12.2 Å². The number of thiol groups is 1. The van der Waals surface area contributed by atoms with Crippen LogP contribution >= 0.6 is 28.6 Å². The van der Waals surface area contributed by atoms with Crippen molar-refractivity contribution < 1.29 is 13.9 Å². The minimum atomic E-state index is -0.679. The summed E-state index contributed by atoms with van der Waals surface area (Å²) < 4.78 is 18.6. The lowest BCUT2D eigenvalue weighted by atomic mass is 10.2. The number of rotatable bonds is 2. The van der Waals surface area contributed by atoms with Gasteiger partial charge in [-0.1, -0.05) is 15.9 Å². The Morgan fingerprint density at radius 2 is 2.29 bits per heavy atom. The van der Waals surface area contributed by atoms with Crippen LogP contribution in [0.4, 0.5) is 4.39 Å². The lowest BCUT2D eigenvalue weighted by Gasteiger charge is -2.05. The molecule has 0 fully saturated rings. The highest BCUT2D eigenvalue weighted by molar-refractivity contribution is 9.10. The van der Waals surface area contributed by atoms with Crippen LogP contribution in [0.3, 0.4) is 0 Å². The van der Waals surface area contributed by atoms with E-state index in [1.807, 2.05) is 0 Å². The number of esters is 1. The normalized spacial score (nSPS) is 10.0. The van der Waals surface area contributed by atoms with Gasteiger partial charge in [-0.3, -0.25) is 0 Å².